The van der Waals surface area contributed by atoms with Crippen LogP contribution in [0.15, 0.2) is 35.0 Å². The summed E-state index contributed by atoms with van der Waals surface area (Å²) in [4.78, 5) is 14.9. The first kappa shape index (κ1) is 17.1. The van der Waals surface area contributed by atoms with E-state index < -0.39 is 5.79 Å². The zero-order valence-corrected chi connectivity index (χ0v) is 16.9. The van der Waals surface area contributed by atoms with E-state index in [1.165, 1.54) is 0 Å². The first-order chi connectivity index (χ1) is 13.5. The Labute approximate surface area is 165 Å². The van der Waals surface area contributed by atoms with E-state index in [0.717, 1.165) is 31.6 Å². The number of carbonyl (C=O) groups is 1. The molecule has 6 heteroatoms. The van der Waals surface area contributed by atoms with Gasteiger partial charge in [0.25, 0.3) is 0 Å². The molecule has 0 saturated carbocycles. The van der Waals surface area contributed by atoms with Crippen LogP contribution in [0.2, 0.25) is 0 Å². The number of hydrogen-bond acceptors (Lipinski definition) is 6. The highest BCUT2D eigenvalue weighted by molar-refractivity contribution is 5.93. The van der Waals surface area contributed by atoms with Crippen molar-refractivity contribution in [3.8, 4) is 0 Å². The third kappa shape index (κ3) is 1.60. The molecule has 28 heavy (non-hydrogen) atoms. The zero-order chi connectivity index (χ0) is 19.4. The molecule has 0 aromatic heterocycles. The zero-order valence-electron chi connectivity index (χ0n) is 16.9. The first-order valence-corrected chi connectivity index (χ1v) is 10.5. The summed E-state index contributed by atoms with van der Waals surface area (Å²) in [5.74, 6) is 1.46. The molecule has 6 nitrogen and oxygen atoms in total. The number of carbonyl (C=O) groups excluding carboxylic acids is 1. The van der Waals surface area contributed by atoms with Crippen LogP contribution in [0.5, 0.6) is 0 Å². The molecule has 0 aromatic rings. The Hall–Kier alpha value is -1.79. The lowest BCUT2D eigenvalue weighted by Gasteiger charge is -2.48. The third-order valence-corrected chi connectivity index (χ3v) is 8.28. The smallest absolute Gasteiger partial charge is 0.343 e. The van der Waals surface area contributed by atoms with Crippen molar-refractivity contribution in [1.29, 1.82) is 0 Å². The predicted octanol–water partition coefficient (Wildman–Crippen LogP) is 2.87. The number of methoxy groups -OCH3 is 1. The van der Waals surface area contributed by atoms with Gasteiger partial charge < -0.3 is 18.9 Å². The van der Waals surface area contributed by atoms with E-state index in [1.807, 2.05) is 0 Å². The molecule has 5 bridgehead atoms. The van der Waals surface area contributed by atoms with Crippen molar-refractivity contribution in [1.82, 2.24) is 4.90 Å². The minimum absolute atomic E-state index is 0.0652. The van der Waals surface area contributed by atoms with Gasteiger partial charge >= 0.3 is 5.97 Å². The second-order valence-corrected chi connectivity index (χ2v) is 9.09. The number of cyclic esters (lactones) is 1. The van der Waals surface area contributed by atoms with Crippen LogP contribution < -0.4 is 0 Å². The number of allylic oxidation sites excluding steroid dienone is 2. The predicted molar refractivity (Wildman–Crippen MR) is 99.6 cm³/mol. The van der Waals surface area contributed by atoms with Crippen molar-refractivity contribution < 1.29 is 23.7 Å². The molecule has 6 aliphatic heterocycles. The first-order valence-electron chi connectivity index (χ1n) is 10.5. The van der Waals surface area contributed by atoms with Crippen LogP contribution >= 0.6 is 0 Å². The Morgan fingerprint density at radius 3 is 2.96 bits per heavy atom. The molecule has 0 radical (unpaired) electrons. The standard InChI is InChI=1S/C22H27NO5/c1-5-6-8-21-14-7-9-23(21)13-10-15(21)27-22(14)16(13)11(2)18(28-22)19-17(25-4)12(3)20(24)26-19/h5-6,11,13-16H,7-10H2,1-4H3/b6-5+,19-18+/t11-,13-,14+,15-,16+,21-,22+/m0/s1. The normalized spacial score (nSPS) is 52.8. The number of ether oxygens (including phenoxy) is 4. The maximum Gasteiger partial charge on any atom is 0.343 e. The van der Waals surface area contributed by atoms with E-state index in [4.69, 9.17) is 18.9 Å². The minimum Gasteiger partial charge on any atom is -0.492 e. The second kappa shape index (κ2) is 5.22. The Kier molecular flexibility index (Phi) is 3.19. The van der Waals surface area contributed by atoms with Gasteiger partial charge in [0.2, 0.25) is 11.5 Å². The molecule has 150 valence electrons. The van der Waals surface area contributed by atoms with E-state index in [1.54, 1.807) is 14.0 Å². The average Bonchev–Trinajstić information content (AvgIpc) is 3.38. The van der Waals surface area contributed by atoms with Crippen LogP contribution in [0.3, 0.4) is 0 Å². The Morgan fingerprint density at radius 1 is 1.39 bits per heavy atom. The van der Waals surface area contributed by atoms with Gasteiger partial charge in [0.15, 0.2) is 5.76 Å². The number of rotatable bonds is 3. The number of hydrogen-bond donors (Lipinski definition) is 0. The summed E-state index contributed by atoms with van der Waals surface area (Å²) in [5, 5.41) is 0. The molecule has 6 aliphatic rings. The van der Waals surface area contributed by atoms with Gasteiger partial charge in [-0.2, -0.15) is 0 Å². The quantitative estimate of drug-likeness (QED) is 0.550. The Balaban J connectivity index is 1.48. The molecule has 1 spiro atoms. The molecule has 5 saturated heterocycles. The number of esters is 1. The van der Waals surface area contributed by atoms with Crippen LogP contribution in [0.1, 0.15) is 40.0 Å². The number of piperidine rings is 1. The van der Waals surface area contributed by atoms with Crippen molar-refractivity contribution in [3.05, 3.63) is 35.0 Å². The van der Waals surface area contributed by atoms with Crippen LogP contribution in [0.4, 0.5) is 0 Å². The molecule has 0 aliphatic carbocycles. The maximum atomic E-state index is 12.2. The van der Waals surface area contributed by atoms with Crippen molar-refractivity contribution in [2.75, 3.05) is 13.7 Å². The lowest BCUT2D eigenvalue weighted by Crippen LogP contribution is -2.61. The SMILES string of the molecule is C/C=C/C[C@@]12[C@@H]3C[C@H]4[C@H]5[C@H](C)/C(=C6\OC(=O)C(C)=C6OC)O[C@]5(O3)[C@@H]1CCN42. The van der Waals surface area contributed by atoms with E-state index in [-0.39, 0.29) is 29.4 Å². The molecule has 1 unspecified atom stereocenters. The van der Waals surface area contributed by atoms with Crippen molar-refractivity contribution in [2.45, 2.75) is 63.5 Å². The number of fused-ring (bicyclic) bond motifs is 1. The Morgan fingerprint density at radius 2 is 2.21 bits per heavy atom. The van der Waals surface area contributed by atoms with Gasteiger partial charge in [-0.05, 0) is 39.7 Å². The third-order valence-electron chi connectivity index (χ3n) is 8.28. The maximum absolute atomic E-state index is 12.2. The van der Waals surface area contributed by atoms with Crippen LogP contribution in [-0.2, 0) is 23.7 Å². The highest BCUT2D eigenvalue weighted by Crippen LogP contribution is 2.73. The molecule has 0 amide bonds. The molecule has 8 atom stereocenters. The average molecular weight is 385 g/mol. The molecular formula is C22H27NO5. The van der Waals surface area contributed by atoms with E-state index in [0.29, 0.717) is 29.1 Å². The van der Waals surface area contributed by atoms with Gasteiger partial charge in [0.05, 0.1) is 30.2 Å². The van der Waals surface area contributed by atoms with E-state index in [2.05, 4.69) is 30.9 Å². The fourth-order valence-corrected chi connectivity index (χ4v) is 7.39. The van der Waals surface area contributed by atoms with Crippen LogP contribution in [0, 0.1) is 17.8 Å². The minimum atomic E-state index is -0.592. The summed E-state index contributed by atoms with van der Waals surface area (Å²) in [6, 6.07) is 0.462. The summed E-state index contributed by atoms with van der Waals surface area (Å²) in [6.45, 7) is 7.13. The van der Waals surface area contributed by atoms with Crippen molar-refractivity contribution >= 4 is 5.97 Å². The summed E-state index contributed by atoms with van der Waals surface area (Å²) in [6.07, 6.45) is 7.84. The van der Waals surface area contributed by atoms with Crippen LogP contribution in [-0.4, -0.2) is 48.0 Å². The van der Waals surface area contributed by atoms with Gasteiger partial charge in [0.1, 0.15) is 5.76 Å². The lowest BCUT2D eigenvalue weighted by atomic mass is 9.70. The van der Waals surface area contributed by atoms with Crippen molar-refractivity contribution in [2.24, 2.45) is 17.8 Å². The summed E-state index contributed by atoms with van der Waals surface area (Å²) < 4.78 is 24.6. The summed E-state index contributed by atoms with van der Waals surface area (Å²) in [7, 11) is 1.57. The number of nitrogens with zero attached hydrogens (tertiary/aromatic N) is 1. The largest absolute Gasteiger partial charge is 0.492 e. The second-order valence-electron chi connectivity index (χ2n) is 9.09. The molecule has 6 rings (SSSR count). The van der Waals surface area contributed by atoms with Gasteiger partial charge in [-0.25, -0.2) is 4.79 Å². The summed E-state index contributed by atoms with van der Waals surface area (Å²) >= 11 is 0. The van der Waals surface area contributed by atoms with Crippen LogP contribution in [0.25, 0.3) is 0 Å². The molecule has 0 aromatic carbocycles. The fourth-order valence-electron chi connectivity index (χ4n) is 7.39. The van der Waals surface area contributed by atoms with Gasteiger partial charge in [0, 0.05) is 17.9 Å². The van der Waals surface area contributed by atoms with Crippen molar-refractivity contribution in [3.63, 3.8) is 0 Å². The van der Waals surface area contributed by atoms with Gasteiger partial charge in [-0.3, -0.25) is 4.90 Å². The molecule has 5 fully saturated rings. The lowest BCUT2D eigenvalue weighted by molar-refractivity contribution is -0.255. The van der Waals surface area contributed by atoms with Gasteiger partial charge in [-0.15, -0.1) is 0 Å². The van der Waals surface area contributed by atoms with Gasteiger partial charge in [-0.1, -0.05) is 19.1 Å². The topological polar surface area (TPSA) is 57.2 Å². The fraction of sp³-hybridized carbons (Fsp3) is 0.682. The van der Waals surface area contributed by atoms with E-state index in [9.17, 15) is 4.79 Å². The highest BCUT2D eigenvalue weighted by Gasteiger charge is 2.84. The molecule has 0 N–H and O–H groups in total. The Bertz CT molecular complexity index is 874. The summed E-state index contributed by atoms with van der Waals surface area (Å²) in [5.41, 5.74) is 0.563. The van der Waals surface area contributed by atoms with E-state index >= 15 is 0 Å². The molecule has 6 heterocycles. The monoisotopic (exact) mass is 385 g/mol. The highest BCUT2D eigenvalue weighted by atomic mass is 16.7. The molecular weight excluding hydrogens is 358 g/mol.